The Morgan fingerprint density at radius 1 is 1.07 bits per heavy atom. The van der Waals surface area contributed by atoms with Gasteiger partial charge in [0.1, 0.15) is 0 Å². The van der Waals surface area contributed by atoms with E-state index in [1.807, 2.05) is 24.3 Å². The number of nitrogens with zero attached hydrogens (tertiary/aromatic N) is 3. The number of halogens is 1. The smallest absolute Gasteiger partial charge is 0.289 e. The van der Waals surface area contributed by atoms with Crippen LogP contribution in [-0.2, 0) is 4.79 Å². The number of aromatic amines is 1. The lowest BCUT2D eigenvalue weighted by Crippen LogP contribution is -2.51. The molecule has 2 aromatic heterocycles. The Balaban J connectivity index is 0.00000210. The predicted molar refractivity (Wildman–Crippen MR) is 105 cm³/mol. The maximum atomic E-state index is 12.4. The van der Waals surface area contributed by atoms with E-state index >= 15 is 0 Å². The van der Waals surface area contributed by atoms with Crippen molar-refractivity contribution < 1.29 is 14.0 Å². The molecule has 0 spiro atoms. The number of fused-ring (bicyclic) bond motifs is 1. The number of hydrogen-bond donors (Lipinski definition) is 1. The van der Waals surface area contributed by atoms with E-state index < -0.39 is 0 Å². The molecule has 1 aromatic carbocycles. The van der Waals surface area contributed by atoms with Crippen molar-refractivity contribution in [1.29, 1.82) is 0 Å². The molecule has 1 fully saturated rings. The van der Waals surface area contributed by atoms with E-state index in [0.717, 1.165) is 16.2 Å². The maximum Gasteiger partial charge on any atom is 0.289 e. The third kappa shape index (κ3) is 4.28. The van der Waals surface area contributed by atoms with Crippen LogP contribution in [0.25, 0.3) is 11.0 Å². The molecular weight excluding hydrogens is 388 g/mol. The second-order valence-electron chi connectivity index (χ2n) is 6.00. The van der Waals surface area contributed by atoms with Gasteiger partial charge in [0.2, 0.25) is 5.91 Å². The number of carbonyl (C=O) groups is 2. The van der Waals surface area contributed by atoms with Crippen LogP contribution in [0.15, 0.2) is 52.2 Å². The van der Waals surface area contributed by atoms with Gasteiger partial charge < -0.3 is 19.2 Å². The van der Waals surface area contributed by atoms with Gasteiger partial charge in [-0.3, -0.25) is 9.59 Å². The minimum Gasteiger partial charge on any atom is -0.459 e. The van der Waals surface area contributed by atoms with Gasteiger partial charge in [-0.05, 0) is 24.3 Å². The third-order valence-electron chi connectivity index (χ3n) is 4.35. The molecule has 1 aliphatic heterocycles. The molecule has 0 saturated carbocycles. The first-order valence-corrected chi connectivity index (χ1v) is 9.37. The molecule has 0 atom stereocenters. The van der Waals surface area contributed by atoms with Crippen molar-refractivity contribution in [1.82, 2.24) is 19.8 Å². The van der Waals surface area contributed by atoms with Crippen LogP contribution in [-0.4, -0.2) is 63.5 Å². The van der Waals surface area contributed by atoms with Crippen molar-refractivity contribution >= 4 is 47.0 Å². The fourth-order valence-corrected chi connectivity index (χ4v) is 3.72. The Bertz CT molecular complexity index is 887. The standard InChI is InChI=1S/C18H18N4O3S.ClH/c23-16(12-26-18-19-13-4-1-2-5-14(13)20-18)21-7-9-22(10-8-21)17(24)15-6-3-11-25-15;/h1-6,11H,7-10,12H2,(H,19,20);1H. The number of benzene rings is 1. The third-order valence-corrected chi connectivity index (χ3v) is 5.21. The number of para-hydroxylation sites is 2. The Hall–Kier alpha value is -2.45. The molecule has 3 heterocycles. The second kappa shape index (κ2) is 8.49. The van der Waals surface area contributed by atoms with Crippen LogP contribution in [0.5, 0.6) is 0 Å². The SMILES string of the molecule is Cl.O=C(CSc1nc2ccccc2[nH]1)N1CCN(C(=O)c2ccco2)CC1. The highest BCUT2D eigenvalue weighted by Crippen LogP contribution is 2.20. The molecule has 3 aromatic rings. The van der Waals surface area contributed by atoms with Gasteiger partial charge >= 0.3 is 0 Å². The molecule has 1 saturated heterocycles. The Labute approximate surface area is 166 Å². The zero-order valence-corrected chi connectivity index (χ0v) is 16.1. The molecule has 0 radical (unpaired) electrons. The van der Waals surface area contributed by atoms with E-state index in [2.05, 4.69) is 9.97 Å². The molecule has 27 heavy (non-hydrogen) atoms. The van der Waals surface area contributed by atoms with Gasteiger partial charge in [0, 0.05) is 26.2 Å². The Morgan fingerprint density at radius 2 is 1.81 bits per heavy atom. The van der Waals surface area contributed by atoms with E-state index in [-0.39, 0.29) is 24.2 Å². The highest BCUT2D eigenvalue weighted by Gasteiger charge is 2.26. The minimum atomic E-state index is -0.126. The molecule has 0 aliphatic carbocycles. The Morgan fingerprint density at radius 3 is 2.52 bits per heavy atom. The summed E-state index contributed by atoms with van der Waals surface area (Å²) in [6.45, 7) is 2.10. The molecular formula is C18H19ClN4O3S. The molecule has 1 aliphatic rings. The number of piperazine rings is 1. The quantitative estimate of drug-likeness (QED) is 0.673. The van der Waals surface area contributed by atoms with Crippen LogP contribution < -0.4 is 0 Å². The number of nitrogens with one attached hydrogen (secondary N) is 1. The number of rotatable bonds is 4. The van der Waals surface area contributed by atoms with Crippen LogP contribution in [0, 0.1) is 0 Å². The summed E-state index contributed by atoms with van der Waals surface area (Å²) in [6.07, 6.45) is 1.49. The zero-order chi connectivity index (χ0) is 17.9. The van der Waals surface area contributed by atoms with Crippen molar-refractivity contribution in [3.63, 3.8) is 0 Å². The monoisotopic (exact) mass is 406 g/mol. The summed E-state index contributed by atoms with van der Waals surface area (Å²) in [7, 11) is 0. The maximum absolute atomic E-state index is 12.4. The van der Waals surface area contributed by atoms with Crippen LogP contribution in [0.2, 0.25) is 0 Å². The first kappa shape index (κ1) is 19.3. The highest BCUT2D eigenvalue weighted by atomic mass is 35.5. The summed E-state index contributed by atoms with van der Waals surface area (Å²) in [5.41, 5.74) is 1.86. The lowest BCUT2D eigenvalue weighted by molar-refractivity contribution is -0.129. The zero-order valence-electron chi connectivity index (χ0n) is 14.5. The van der Waals surface area contributed by atoms with E-state index in [0.29, 0.717) is 37.7 Å². The van der Waals surface area contributed by atoms with Gasteiger partial charge in [-0.2, -0.15) is 0 Å². The van der Waals surface area contributed by atoms with Crippen LogP contribution in [0.1, 0.15) is 10.6 Å². The van der Waals surface area contributed by atoms with Crippen LogP contribution in [0.4, 0.5) is 0 Å². The topological polar surface area (TPSA) is 82.4 Å². The largest absolute Gasteiger partial charge is 0.459 e. The van der Waals surface area contributed by atoms with E-state index in [9.17, 15) is 9.59 Å². The summed E-state index contributed by atoms with van der Waals surface area (Å²) in [5, 5.41) is 0.742. The summed E-state index contributed by atoms with van der Waals surface area (Å²) in [5.74, 6) is 0.593. The number of imidazole rings is 1. The highest BCUT2D eigenvalue weighted by molar-refractivity contribution is 7.99. The molecule has 7 nitrogen and oxygen atoms in total. The molecule has 4 rings (SSSR count). The number of amides is 2. The van der Waals surface area contributed by atoms with E-state index in [4.69, 9.17) is 4.42 Å². The van der Waals surface area contributed by atoms with Gasteiger partial charge in [0.05, 0.1) is 23.0 Å². The molecule has 0 bridgehead atoms. The number of furan rings is 1. The van der Waals surface area contributed by atoms with E-state index in [1.54, 1.807) is 21.9 Å². The summed E-state index contributed by atoms with van der Waals surface area (Å²) in [4.78, 5) is 35.9. The fourth-order valence-electron chi connectivity index (χ4n) is 2.93. The van der Waals surface area contributed by atoms with Gasteiger partial charge in [-0.15, -0.1) is 12.4 Å². The van der Waals surface area contributed by atoms with Crippen LogP contribution >= 0.6 is 24.2 Å². The molecule has 1 N–H and O–H groups in total. The van der Waals surface area contributed by atoms with Crippen molar-refractivity contribution in [2.24, 2.45) is 0 Å². The molecule has 0 unspecified atom stereocenters. The van der Waals surface area contributed by atoms with Crippen molar-refractivity contribution in [3.8, 4) is 0 Å². The Kier molecular flexibility index (Phi) is 6.08. The van der Waals surface area contributed by atoms with Gasteiger partial charge in [-0.1, -0.05) is 23.9 Å². The normalized spacial score (nSPS) is 14.2. The van der Waals surface area contributed by atoms with Crippen molar-refractivity contribution in [2.45, 2.75) is 5.16 Å². The number of H-pyrrole nitrogens is 1. The van der Waals surface area contributed by atoms with Gasteiger partial charge in [0.25, 0.3) is 5.91 Å². The van der Waals surface area contributed by atoms with Gasteiger partial charge in [-0.25, -0.2) is 4.98 Å². The van der Waals surface area contributed by atoms with Crippen molar-refractivity contribution in [2.75, 3.05) is 31.9 Å². The summed E-state index contributed by atoms with van der Waals surface area (Å²) >= 11 is 1.40. The minimum absolute atomic E-state index is 0. The molecule has 142 valence electrons. The van der Waals surface area contributed by atoms with Gasteiger partial charge in [0.15, 0.2) is 10.9 Å². The lowest BCUT2D eigenvalue weighted by atomic mass is 10.3. The van der Waals surface area contributed by atoms with Crippen molar-refractivity contribution in [3.05, 3.63) is 48.4 Å². The second-order valence-corrected chi connectivity index (χ2v) is 6.96. The fraction of sp³-hybridized carbons (Fsp3) is 0.278. The first-order chi connectivity index (χ1) is 12.7. The average Bonchev–Trinajstić information content (AvgIpc) is 3.35. The lowest BCUT2D eigenvalue weighted by Gasteiger charge is -2.34. The molecule has 2 amide bonds. The summed E-state index contributed by atoms with van der Waals surface area (Å²) < 4.78 is 5.15. The molecule has 9 heteroatoms. The first-order valence-electron chi connectivity index (χ1n) is 8.39. The van der Waals surface area contributed by atoms with E-state index in [1.165, 1.54) is 18.0 Å². The van der Waals surface area contributed by atoms with Crippen LogP contribution in [0.3, 0.4) is 0 Å². The average molecular weight is 407 g/mol. The number of thioether (sulfide) groups is 1. The number of hydrogen-bond acceptors (Lipinski definition) is 5. The number of carbonyl (C=O) groups excluding carboxylic acids is 2. The summed E-state index contributed by atoms with van der Waals surface area (Å²) in [6, 6.07) is 11.1. The predicted octanol–water partition coefficient (Wildman–Crippen LogP) is 2.65. The number of aromatic nitrogens is 2.